The highest BCUT2D eigenvalue weighted by atomic mass is 19.4. The van der Waals surface area contributed by atoms with Gasteiger partial charge in [-0.1, -0.05) is 0 Å². The van der Waals surface area contributed by atoms with Crippen LogP contribution in [0.1, 0.15) is 19.0 Å². The summed E-state index contributed by atoms with van der Waals surface area (Å²) in [5.41, 5.74) is -0.0332. The summed E-state index contributed by atoms with van der Waals surface area (Å²) < 4.78 is 40.5. The molecule has 5 rings (SSSR count). The van der Waals surface area contributed by atoms with E-state index in [1.165, 1.54) is 12.4 Å². The standard InChI is InChI=1S/C19H20F3N7O/c1-2-29-16(30)13-8-24-26-15(13)25-17(29)27-6-4-18(9-27)10-28(11-18)12-3-5-23-14(7-12)19(20,21)22/h3,5,7-8H,2,4,6,9-11H2,1H3,(H,24,26). The fourth-order valence-corrected chi connectivity index (χ4v) is 4.53. The molecule has 11 heteroatoms. The Morgan fingerprint density at radius 3 is 2.73 bits per heavy atom. The van der Waals surface area contributed by atoms with Crippen LogP contribution < -0.4 is 15.4 Å². The molecule has 2 fully saturated rings. The molecule has 0 atom stereocenters. The fraction of sp³-hybridized carbons (Fsp3) is 0.474. The maximum Gasteiger partial charge on any atom is 0.433 e. The van der Waals surface area contributed by atoms with Crippen LogP contribution in [0.5, 0.6) is 0 Å². The van der Waals surface area contributed by atoms with E-state index in [4.69, 9.17) is 0 Å². The Hall–Kier alpha value is -3.11. The lowest BCUT2D eigenvalue weighted by atomic mass is 9.79. The van der Waals surface area contributed by atoms with Gasteiger partial charge in [0.25, 0.3) is 5.56 Å². The molecule has 0 bridgehead atoms. The number of aromatic amines is 1. The van der Waals surface area contributed by atoms with Gasteiger partial charge < -0.3 is 9.80 Å². The van der Waals surface area contributed by atoms with Gasteiger partial charge in [-0.15, -0.1) is 0 Å². The summed E-state index contributed by atoms with van der Waals surface area (Å²) in [7, 11) is 0. The van der Waals surface area contributed by atoms with Gasteiger partial charge in [0.15, 0.2) is 5.65 Å². The third kappa shape index (κ3) is 2.91. The zero-order chi connectivity index (χ0) is 21.1. The van der Waals surface area contributed by atoms with Gasteiger partial charge in [0.05, 0.1) is 6.20 Å². The van der Waals surface area contributed by atoms with Gasteiger partial charge in [0.1, 0.15) is 11.1 Å². The predicted octanol–water partition coefficient (Wildman–Crippen LogP) is 2.27. The van der Waals surface area contributed by atoms with Gasteiger partial charge in [-0.2, -0.15) is 23.3 Å². The maximum atomic E-state index is 12.9. The van der Waals surface area contributed by atoms with Crippen molar-refractivity contribution in [3.8, 4) is 0 Å². The molecule has 1 N–H and O–H groups in total. The lowest BCUT2D eigenvalue weighted by Gasteiger charge is -2.49. The molecular formula is C19H20F3N7O. The second-order valence-corrected chi connectivity index (χ2v) is 8.02. The number of hydrogen-bond acceptors (Lipinski definition) is 6. The Balaban J connectivity index is 1.36. The van der Waals surface area contributed by atoms with Crippen molar-refractivity contribution in [1.82, 2.24) is 24.7 Å². The number of nitrogens with zero attached hydrogens (tertiary/aromatic N) is 6. The van der Waals surface area contributed by atoms with E-state index in [-0.39, 0.29) is 11.0 Å². The van der Waals surface area contributed by atoms with Crippen LogP contribution in [-0.4, -0.2) is 50.9 Å². The zero-order valence-electron chi connectivity index (χ0n) is 16.3. The summed E-state index contributed by atoms with van der Waals surface area (Å²) in [6, 6.07) is 2.71. The monoisotopic (exact) mass is 419 g/mol. The zero-order valence-corrected chi connectivity index (χ0v) is 16.3. The molecule has 0 aliphatic carbocycles. The summed E-state index contributed by atoms with van der Waals surface area (Å²) in [6.45, 7) is 5.16. The Kier molecular flexibility index (Phi) is 4.06. The topological polar surface area (TPSA) is 82.9 Å². The summed E-state index contributed by atoms with van der Waals surface area (Å²) in [5, 5.41) is 7.14. The number of aromatic nitrogens is 5. The quantitative estimate of drug-likeness (QED) is 0.701. The van der Waals surface area contributed by atoms with E-state index < -0.39 is 11.9 Å². The van der Waals surface area contributed by atoms with Gasteiger partial charge in [0, 0.05) is 50.0 Å². The molecule has 8 nitrogen and oxygen atoms in total. The van der Waals surface area contributed by atoms with Gasteiger partial charge in [-0.25, -0.2) is 0 Å². The van der Waals surface area contributed by atoms with Crippen molar-refractivity contribution in [3.05, 3.63) is 40.6 Å². The predicted molar refractivity (Wildman–Crippen MR) is 105 cm³/mol. The third-order valence-corrected chi connectivity index (χ3v) is 6.04. The molecule has 2 aliphatic heterocycles. The second kappa shape index (κ2) is 6.44. The minimum atomic E-state index is -4.45. The van der Waals surface area contributed by atoms with E-state index >= 15 is 0 Å². The fourth-order valence-electron chi connectivity index (χ4n) is 4.53. The molecule has 0 aromatic carbocycles. The Labute approximate surface area is 169 Å². The first-order valence-electron chi connectivity index (χ1n) is 9.77. The molecule has 2 saturated heterocycles. The van der Waals surface area contributed by atoms with Crippen LogP contribution >= 0.6 is 0 Å². The molecule has 0 amide bonds. The van der Waals surface area contributed by atoms with Crippen LogP contribution in [0.3, 0.4) is 0 Å². The average molecular weight is 419 g/mol. The highest BCUT2D eigenvalue weighted by Crippen LogP contribution is 2.43. The molecule has 2 aliphatic rings. The smallest absolute Gasteiger partial charge is 0.370 e. The molecular weight excluding hydrogens is 399 g/mol. The van der Waals surface area contributed by atoms with E-state index in [9.17, 15) is 18.0 Å². The molecule has 5 heterocycles. The average Bonchev–Trinajstić information content (AvgIpc) is 3.33. The normalized spacial score (nSPS) is 18.4. The first kappa shape index (κ1) is 18.9. The Bertz CT molecular complexity index is 1160. The number of halogens is 3. The largest absolute Gasteiger partial charge is 0.433 e. The number of pyridine rings is 1. The minimum Gasteiger partial charge on any atom is -0.370 e. The number of rotatable bonds is 3. The van der Waals surface area contributed by atoms with Crippen LogP contribution in [0.4, 0.5) is 24.8 Å². The van der Waals surface area contributed by atoms with Crippen LogP contribution in [0.25, 0.3) is 11.0 Å². The SMILES string of the molecule is CCn1c(N2CCC3(CN(c4ccnc(C(F)(F)F)c4)C3)C2)nc2[nH]ncc2c1=O. The van der Waals surface area contributed by atoms with E-state index in [0.29, 0.717) is 48.8 Å². The molecule has 0 saturated carbocycles. The van der Waals surface area contributed by atoms with E-state index in [2.05, 4.69) is 25.1 Å². The van der Waals surface area contributed by atoms with Crippen LogP contribution in [-0.2, 0) is 12.7 Å². The number of H-pyrrole nitrogens is 1. The summed E-state index contributed by atoms with van der Waals surface area (Å²) in [6.07, 6.45) is -0.877. The molecule has 0 unspecified atom stereocenters. The van der Waals surface area contributed by atoms with Crippen molar-refractivity contribution < 1.29 is 13.2 Å². The molecule has 1 spiro atoms. The van der Waals surface area contributed by atoms with Crippen molar-refractivity contribution in [2.45, 2.75) is 26.1 Å². The first-order chi connectivity index (χ1) is 14.3. The van der Waals surface area contributed by atoms with Crippen molar-refractivity contribution in [2.24, 2.45) is 5.41 Å². The number of hydrogen-bond donors (Lipinski definition) is 1. The molecule has 30 heavy (non-hydrogen) atoms. The third-order valence-electron chi connectivity index (χ3n) is 6.04. The van der Waals surface area contributed by atoms with E-state index in [0.717, 1.165) is 19.0 Å². The summed E-state index contributed by atoms with van der Waals surface area (Å²) in [4.78, 5) is 24.8. The summed E-state index contributed by atoms with van der Waals surface area (Å²) >= 11 is 0. The van der Waals surface area contributed by atoms with Crippen molar-refractivity contribution in [3.63, 3.8) is 0 Å². The first-order valence-corrected chi connectivity index (χ1v) is 9.77. The highest BCUT2D eigenvalue weighted by molar-refractivity contribution is 5.74. The Morgan fingerprint density at radius 2 is 2.00 bits per heavy atom. The number of alkyl halides is 3. The van der Waals surface area contributed by atoms with Gasteiger partial charge in [0.2, 0.25) is 5.95 Å². The molecule has 158 valence electrons. The van der Waals surface area contributed by atoms with Crippen LogP contribution in [0, 0.1) is 5.41 Å². The van der Waals surface area contributed by atoms with Crippen LogP contribution in [0.15, 0.2) is 29.3 Å². The molecule has 3 aromatic heterocycles. The number of fused-ring (bicyclic) bond motifs is 1. The van der Waals surface area contributed by atoms with Crippen molar-refractivity contribution in [2.75, 3.05) is 36.0 Å². The van der Waals surface area contributed by atoms with Gasteiger partial charge in [-0.05, 0) is 25.5 Å². The van der Waals surface area contributed by atoms with E-state index in [1.807, 2.05) is 11.8 Å². The number of anilines is 2. The van der Waals surface area contributed by atoms with Crippen molar-refractivity contribution >= 4 is 22.7 Å². The van der Waals surface area contributed by atoms with Crippen molar-refractivity contribution in [1.29, 1.82) is 0 Å². The summed E-state index contributed by atoms with van der Waals surface area (Å²) in [5.74, 6) is 0.609. The van der Waals surface area contributed by atoms with E-state index in [1.54, 1.807) is 10.6 Å². The molecule has 0 radical (unpaired) electrons. The lowest BCUT2D eigenvalue weighted by Crippen LogP contribution is -2.58. The lowest BCUT2D eigenvalue weighted by molar-refractivity contribution is -0.141. The second-order valence-electron chi connectivity index (χ2n) is 8.02. The van der Waals surface area contributed by atoms with Gasteiger partial charge in [-0.3, -0.25) is 19.4 Å². The Morgan fingerprint density at radius 1 is 1.23 bits per heavy atom. The molecule has 3 aromatic rings. The highest BCUT2D eigenvalue weighted by Gasteiger charge is 2.49. The number of nitrogens with one attached hydrogen (secondary N) is 1. The van der Waals surface area contributed by atoms with Gasteiger partial charge >= 0.3 is 6.18 Å². The van der Waals surface area contributed by atoms with Crippen LogP contribution in [0.2, 0.25) is 0 Å². The minimum absolute atomic E-state index is 0.0269. The maximum absolute atomic E-state index is 12.9.